The van der Waals surface area contributed by atoms with E-state index >= 15 is 0 Å². The summed E-state index contributed by atoms with van der Waals surface area (Å²) in [7, 11) is -3.62. The van der Waals surface area contributed by atoms with Gasteiger partial charge < -0.3 is 14.7 Å². The van der Waals surface area contributed by atoms with Gasteiger partial charge in [0.15, 0.2) is 0 Å². The number of carbonyl (C=O) groups excluding carboxylic acids is 1. The van der Waals surface area contributed by atoms with E-state index in [4.69, 9.17) is 9.79 Å². The predicted octanol–water partition coefficient (Wildman–Crippen LogP) is 3.52. The molecule has 5 nitrogen and oxygen atoms in total. The maximum absolute atomic E-state index is 13.0. The zero-order chi connectivity index (χ0) is 17.2. The average Bonchev–Trinajstić information content (AvgIpc) is 2.42. The fraction of sp³-hybridized carbons (Fsp3) is 0.786. The molecule has 0 heterocycles. The monoisotopic (exact) mass is 341 g/mol. The quantitative estimate of drug-likeness (QED) is 0.323. The van der Waals surface area contributed by atoms with Crippen LogP contribution in [0.3, 0.4) is 0 Å². The lowest BCUT2D eigenvalue weighted by molar-refractivity contribution is -0.124. The van der Waals surface area contributed by atoms with Crippen LogP contribution in [-0.4, -0.2) is 39.8 Å². The third-order valence-electron chi connectivity index (χ3n) is 3.45. The van der Waals surface area contributed by atoms with Gasteiger partial charge in [-0.15, -0.1) is 0 Å². The van der Waals surface area contributed by atoms with E-state index in [1.165, 1.54) is 6.08 Å². The van der Waals surface area contributed by atoms with Crippen LogP contribution in [0.5, 0.6) is 0 Å². The van der Waals surface area contributed by atoms with Crippen LogP contribution in [0.2, 0.25) is 0 Å². The van der Waals surface area contributed by atoms with Crippen molar-refractivity contribution >= 4 is 13.5 Å². The molecule has 0 bridgehead atoms. The number of likely N-dealkylation sites (N-methyl/N-ethyl adjacent to an activating group) is 1. The molecule has 2 N–H and O–H groups in total. The van der Waals surface area contributed by atoms with Gasteiger partial charge in [-0.3, -0.25) is 9.36 Å². The van der Waals surface area contributed by atoms with Gasteiger partial charge in [0, 0.05) is 20.0 Å². The molecule has 0 aliphatic rings. The average molecular weight is 341 g/mol. The Morgan fingerprint density at radius 1 is 1.14 bits per heavy atom. The van der Waals surface area contributed by atoms with E-state index in [1.54, 1.807) is 11.9 Å². The molecule has 0 aliphatic carbocycles. The lowest BCUT2D eigenvalue weighted by Gasteiger charge is -2.17. The Kier molecular flexibility index (Phi) is 9.72. The largest absolute Gasteiger partial charge is 0.394 e. The molecule has 0 radical (unpaired) electrons. The van der Waals surface area contributed by atoms with E-state index < -0.39 is 19.7 Å². The van der Waals surface area contributed by atoms with E-state index in [9.17, 15) is 18.1 Å². The molecule has 0 unspecified atom stereocenters. The van der Waals surface area contributed by atoms with Crippen LogP contribution < -0.4 is 0 Å². The highest BCUT2D eigenvalue weighted by Gasteiger charge is 2.47. The summed E-state index contributed by atoms with van der Waals surface area (Å²) < 4.78 is 36.5. The highest BCUT2D eigenvalue weighted by molar-refractivity contribution is 7.53. The molecule has 0 saturated carbocycles. The summed E-state index contributed by atoms with van der Waals surface area (Å²) in [6.07, 6.45) is 5.57. The number of unbranched alkanes of at least 4 members (excludes halogenated alkanes) is 6. The molecule has 0 fully saturated rings. The number of carbonyl (C=O) groups is 1. The minimum absolute atomic E-state index is 0.106. The minimum atomic E-state index is -5.33. The molecule has 22 heavy (non-hydrogen) atoms. The smallest absolute Gasteiger partial charge is 0.342 e. The highest BCUT2D eigenvalue weighted by atomic mass is 31.2. The van der Waals surface area contributed by atoms with Crippen molar-refractivity contribution in [1.82, 2.24) is 4.90 Å². The van der Waals surface area contributed by atoms with Gasteiger partial charge in [0.25, 0.3) is 0 Å². The Labute approximate surface area is 130 Å². The Hall–Kier alpha value is -0.780. The standard InChI is InChI=1S/C14H26F2NO4P/c1-3-13(18)17(2)12-10-8-6-4-5-7-9-11-14(15,16)22(19,20)21/h3H,1,4-12H2,2H3,(H2,19,20,21). The van der Waals surface area contributed by atoms with Crippen LogP contribution in [0.4, 0.5) is 8.78 Å². The van der Waals surface area contributed by atoms with E-state index in [2.05, 4.69) is 6.58 Å². The van der Waals surface area contributed by atoms with Crippen molar-refractivity contribution in [2.75, 3.05) is 13.6 Å². The number of hydrogen-bond acceptors (Lipinski definition) is 2. The van der Waals surface area contributed by atoms with Crippen molar-refractivity contribution < 1.29 is 27.9 Å². The molecule has 0 saturated heterocycles. The fourth-order valence-corrected chi connectivity index (χ4v) is 2.43. The molecular formula is C14H26F2NO4P. The first kappa shape index (κ1) is 21.2. The number of alkyl halides is 2. The molecule has 0 aromatic carbocycles. The zero-order valence-electron chi connectivity index (χ0n) is 13.0. The molecule has 1 amide bonds. The molecule has 130 valence electrons. The van der Waals surface area contributed by atoms with Gasteiger partial charge >= 0.3 is 13.3 Å². The molecule has 0 aromatic rings. The summed E-state index contributed by atoms with van der Waals surface area (Å²) in [6.45, 7) is 4.07. The van der Waals surface area contributed by atoms with Crippen LogP contribution in [0.1, 0.15) is 51.4 Å². The Balaban J connectivity index is 3.54. The van der Waals surface area contributed by atoms with Crippen molar-refractivity contribution in [2.24, 2.45) is 0 Å². The second-order valence-electron chi connectivity index (χ2n) is 5.40. The van der Waals surface area contributed by atoms with Crippen molar-refractivity contribution in [3.8, 4) is 0 Å². The number of halogens is 2. The number of nitrogens with zero attached hydrogens (tertiary/aromatic N) is 1. The van der Waals surface area contributed by atoms with Crippen molar-refractivity contribution in [1.29, 1.82) is 0 Å². The summed E-state index contributed by atoms with van der Waals surface area (Å²) in [6, 6.07) is 0. The van der Waals surface area contributed by atoms with Crippen LogP contribution in [-0.2, 0) is 9.36 Å². The van der Waals surface area contributed by atoms with Crippen LogP contribution >= 0.6 is 7.60 Å². The Morgan fingerprint density at radius 3 is 2.05 bits per heavy atom. The number of amides is 1. The van der Waals surface area contributed by atoms with E-state index in [0.717, 1.165) is 32.1 Å². The predicted molar refractivity (Wildman–Crippen MR) is 81.8 cm³/mol. The van der Waals surface area contributed by atoms with Crippen LogP contribution in [0.15, 0.2) is 12.7 Å². The van der Waals surface area contributed by atoms with Gasteiger partial charge in [-0.05, 0) is 18.9 Å². The van der Waals surface area contributed by atoms with E-state index in [1.807, 2.05) is 0 Å². The van der Waals surface area contributed by atoms with Gasteiger partial charge in [-0.2, -0.15) is 8.78 Å². The normalized spacial score (nSPS) is 12.2. The Bertz CT molecular complexity index is 398. The maximum atomic E-state index is 13.0. The third kappa shape index (κ3) is 8.61. The molecule has 0 atom stereocenters. The van der Waals surface area contributed by atoms with Crippen LogP contribution in [0, 0.1) is 0 Å². The molecule has 0 aromatic heterocycles. The summed E-state index contributed by atoms with van der Waals surface area (Å²) in [5.74, 6) is -0.106. The maximum Gasteiger partial charge on any atom is 0.394 e. The first-order valence-corrected chi connectivity index (χ1v) is 9.04. The van der Waals surface area contributed by atoms with Crippen molar-refractivity contribution in [2.45, 2.75) is 57.0 Å². The highest BCUT2D eigenvalue weighted by Crippen LogP contribution is 2.55. The minimum Gasteiger partial charge on any atom is -0.342 e. The first-order chi connectivity index (χ1) is 10.1. The summed E-state index contributed by atoms with van der Waals surface area (Å²) in [4.78, 5) is 29.7. The molecule has 8 heteroatoms. The van der Waals surface area contributed by atoms with Gasteiger partial charge in [-0.1, -0.05) is 38.7 Å². The number of rotatable bonds is 12. The lowest BCUT2D eigenvalue weighted by Crippen LogP contribution is -2.25. The third-order valence-corrected chi connectivity index (χ3v) is 4.52. The van der Waals surface area contributed by atoms with Crippen molar-refractivity contribution in [3.05, 3.63) is 12.7 Å². The second-order valence-corrected chi connectivity index (χ2v) is 7.14. The number of hydrogen-bond donors (Lipinski definition) is 2. The second kappa shape index (κ2) is 10.1. The topological polar surface area (TPSA) is 77.8 Å². The molecular weight excluding hydrogens is 315 g/mol. The Morgan fingerprint density at radius 2 is 1.59 bits per heavy atom. The van der Waals surface area contributed by atoms with Crippen molar-refractivity contribution in [3.63, 3.8) is 0 Å². The van der Waals surface area contributed by atoms with Gasteiger partial charge in [0.1, 0.15) is 0 Å². The van der Waals surface area contributed by atoms with Gasteiger partial charge in [0.05, 0.1) is 0 Å². The van der Waals surface area contributed by atoms with Gasteiger partial charge in [-0.25, -0.2) is 0 Å². The molecule has 0 spiro atoms. The molecule has 0 rings (SSSR count). The SMILES string of the molecule is C=CC(=O)N(C)CCCCCCCCCC(F)(F)P(=O)(O)O. The van der Waals surface area contributed by atoms with E-state index in [0.29, 0.717) is 13.0 Å². The van der Waals surface area contributed by atoms with Crippen LogP contribution in [0.25, 0.3) is 0 Å². The molecule has 0 aliphatic heterocycles. The first-order valence-electron chi connectivity index (χ1n) is 7.43. The fourth-order valence-electron chi connectivity index (χ4n) is 1.98. The summed E-state index contributed by atoms with van der Waals surface area (Å²) in [5.41, 5.74) is -3.91. The lowest BCUT2D eigenvalue weighted by atomic mass is 10.1. The van der Waals surface area contributed by atoms with Gasteiger partial charge in [0.2, 0.25) is 5.91 Å². The summed E-state index contributed by atoms with van der Waals surface area (Å²) >= 11 is 0. The van der Waals surface area contributed by atoms with E-state index in [-0.39, 0.29) is 12.3 Å². The zero-order valence-corrected chi connectivity index (χ0v) is 13.9. The summed E-state index contributed by atoms with van der Waals surface area (Å²) in [5, 5.41) is 0.